The minimum atomic E-state index is -1.26. The van der Waals surface area contributed by atoms with Gasteiger partial charge in [0.25, 0.3) is 18.3 Å². The number of carboxylic acid groups (broad SMARTS) is 1. The normalized spacial score (nSPS) is 16.7. The number of aliphatic hydroxyl groups is 1. The summed E-state index contributed by atoms with van der Waals surface area (Å²) in [5, 5.41) is 37.0. The number of nitrogens with zero attached hydrogens (tertiary/aromatic N) is 3. The fourth-order valence-electron chi connectivity index (χ4n) is 4.88. The second kappa shape index (κ2) is 16.2. The van der Waals surface area contributed by atoms with Gasteiger partial charge in [-0.2, -0.15) is 9.65 Å². The van der Waals surface area contributed by atoms with Crippen LogP contribution in [-0.4, -0.2) is 81.8 Å². The number of hydrogen-bond acceptors (Lipinski definition) is 9. The monoisotopic (exact) mass is 655 g/mol. The highest BCUT2D eigenvalue weighted by molar-refractivity contribution is 6.03. The summed E-state index contributed by atoms with van der Waals surface area (Å²) in [6, 6.07) is 8.35. The topological polar surface area (TPSA) is 208 Å². The molecule has 1 aromatic heterocycles. The first kappa shape index (κ1) is 36.1. The lowest BCUT2D eigenvalue weighted by Gasteiger charge is -2.18. The van der Waals surface area contributed by atoms with Gasteiger partial charge in [-0.1, -0.05) is 6.92 Å². The molecule has 250 valence electrons. The molecule has 6 N–H and O–H groups in total. The quantitative estimate of drug-likeness (QED) is 0.131. The molecular formula is C31H35F2N7O7. The molecule has 3 amide bonds. The van der Waals surface area contributed by atoms with Crippen LogP contribution in [0.1, 0.15) is 46.3 Å². The molecule has 14 nitrogen and oxygen atoms in total. The van der Waals surface area contributed by atoms with Crippen molar-refractivity contribution in [2.24, 2.45) is 7.05 Å². The maximum Gasteiger partial charge on any atom is 0.291 e. The largest absolute Gasteiger partial charge is 0.483 e. The van der Waals surface area contributed by atoms with Gasteiger partial charge in [0.2, 0.25) is 11.7 Å². The lowest BCUT2D eigenvalue weighted by molar-refractivity contribution is -0.123. The molecule has 0 aliphatic carbocycles. The third-order valence-corrected chi connectivity index (χ3v) is 7.48. The fourth-order valence-corrected chi connectivity index (χ4v) is 4.88. The number of carbonyl (C=O) groups excluding carboxylic acids is 3. The number of imidazole rings is 1. The Morgan fingerprint density at radius 2 is 1.89 bits per heavy atom. The van der Waals surface area contributed by atoms with Gasteiger partial charge in [0.05, 0.1) is 23.5 Å². The van der Waals surface area contributed by atoms with Gasteiger partial charge in [-0.25, -0.2) is 9.37 Å². The summed E-state index contributed by atoms with van der Waals surface area (Å²) in [5.74, 6) is -4.17. The van der Waals surface area contributed by atoms with E-state index in [1.165, 1.54) is 29.9 Å². The number of nitriles is 1. The van der Waals surface area contributed by atoms with Gasteiger partial charge in [0.1, 0.15) is 6.07 Å². The Bertz CT molecular complexity index is 1670. The van der Waals surface area contributed by atoms with E-state index in [1.807, 2.05) is 6.92 Å². The van der Waals surface area contributed by atoms with Gasteiger partial charge in [0.15, 0.2) is 24.0 Å². The Kier molecular flexibility index (Phi) is 12.5. The number of ether oxygens (including phenoxy) is 1. The van der Waals surface area contributed by atoms with E-state index in [9.17, 15) is 28.3 Å². The zero-order chi connectivity index (χ0) is 34.7. The molecule has 0 radical (unpaired) electrons. The smallest absolute Gasteiger partial charge is 0.291 e. The summed E-state index contributed by atoms with van der Waals surface area (Å²) >= 11 is 0. The highest BCUT2D eigenvalue weighted by atomic mass is 19.2. The molecule has 0 saturated carbocycles. The summed E-state index contributed by atoms with van der Waals surface area (Å²) in [7, 11) is 1.48. The van der Waals surface area contributed by atoms with Gasteiger partial charge >= 0.3 is 0 Å². The van der Waals surface area contributed by atoms with E-state index in [0.29, 0.717) is 36.2 Å². The minimum absolute atomic E-state index is 0.0710. The zero-order valence-electron chi connectivity index (χ0n) is 25.9. The molecule has 2 atom stereocenters. The number of carbonyl (C=O) groups is 4. The summed E-state index contributed by atoms with van der Waals surface area (Å²) in [6.07, 6.45) is 2.12. The predicted octanol–water partition coefficient (Wildman–Crippen LogP) is 1.88. The van der Waals surface area contributed by atoms with Crippen molar-refractivity contribution in [2.45, 2.75) is 38.3 Å². The predicted molar refractivity (Wildman–Crippen MR) is 164 cm³/mol. The molecule has 1 aliphatic rings. The first-order chi connectivity index (χ1) is 22.4. The van der Waals surface area contributed by atoms with Crippen LogP contribution in [0, 0.1) is 29.9 Å². The number of benzene rings is 2. The Morgan fingerprint density at radius 1 is 1.19 bits per heavy atom. The van der Waals surface area contributed by atoms with Crippen LogP contribution in [0.3, 0.4) is 0 Å². The average molecular weight is 656 g/mol. The molecule has 3 aromatic rings. The maximum atomic E-state index is 14.8. The van der Waals surface area contributed by atoms with E-state index in [0.717, 1.165) is 0 Å². The highest BCUT2D eigenvalue weighted by Crippen LogP contribution is 2.30. The molecule has 1 aliphatic heterocycles. The van der Waals surface area contributed by atoms with Crippen LogP contribution in [0.4, 0.5) is 14.5 Å². The van der Waals surface area contributed by atoms with Crippen molar-refractivity contribution >= 4 is 29.9 Å². The summed E-state index contributed by atoms with van der Waals surface area (Å²) in [4.78, 5) is 50.4. The summed E-state index contributed by atoms with van der Waals surface area (Å²) in [6.45, 7) is 3.63. The van der Waals surface area contributed by atoms with Crippen molar-refractivity contribution in [1.82, 2.24) is 25.5 Å². The first-order valence-electron chi connectivity index (χ1n) is 14.4. The zero-order valence-corrected chi connectivity index (χ0v) is 25.9. The summed E-state index contributed by atoms with van der Waals surface area (Å²) in [5.41, 5.74) is 0.440. The molecule has 0 bridgehead atoms. The van der Waals surface area contributed by atoms with Gasteiger partial charge < -0.3 is 40.8 Å². The van der Waals surface area contributed by atoms with Crippen LogP contribution in [0.15, 0.2) is 36.5 Å². The SMILES string of the molecule is CC[C@]1(O)CN[C@@H](C(=O)NCCNC(=O)c2ccc(NC(=O)c3ncc(-c4ccc(OCC#N)c(F)c4F)n3C)cc2C)C1.O=CO. The van der Waals surface area contributed by atoms with Crippen LogP contribution >= 0.6 is 0 Å². The molecular weight excluding hydrogens is 620 g/mol. The van der Waals surface area contributed by atoms with Gasteiger partial charge in [-0.05, 0) is 49.2 Å². The van der Waals surface area contributed by atoms with E-state index >= 15 is 0 Å². The van der Waals surface area contributed by atoms with E-state index in [1.54, 1.807) is 31.2 Å². The highest BCUT2D eigenvalue weighted by Gasteiger charge is 2.38. The van der Waals surface area contributed by atoms with Crippen LogP contribution in [0.5, 0.6) is 5.75 Å². The fraction of sp³-hybridized carbons (Fsp3) is 0.355. The second-order valence-electron chi connectivity index (χ2n) is 10.6. The van der Waals surface area contributed by atoms with Gasteiger partial charge in [0, 0.05) is 49.9 Å². The van der Waals surface area contributed by atoms with Crippen LogP contribution in [-0.2, 0) is 16.6 Å². The second-order valence-corrected chi connectivity index (χ2v) is 10.6. The van der Waals surface area contributed by atoms with E-state index in [4.69, 9.17) is 19.9 Å². The van der Waals surface area contributed by atoms with E-state index in [2.05, 4.69) is 26.3 Å². The van der Waals surface area contributed by atoms with Crippen molar-refractivity contribution in [3.63, 3.8) is 0 Å². The summed E-state index contributed by atoms with van der Waals surface area (Å²) < 4.78 is 35.4. The lowest BCUT2D eigenvalue weighted by Crippen LogP contribution is -2.43. The number of β-amino-alcohol motifs (C(OH)–C–C–N with tert-alkyl or cyclic N) is 1. The molecule has 47 heavy (non-hydrogen) atoms. The lowest BCUT2D eigenvalue weighted by atomic mass is 9.97. The molecule has 4 rings (SSSR count). The number of hydrogen-bond donors (Lipinski definition) is 6. The van der Waals surface area contributed by atoms with Crippen molar-refractivity contribution in [3.8, 4) is 23.1 Å². The maximum absolute atomic E-state index is 14.8. The average Bonchev–Trinajstić information content (AvgIpc) is 3.63. The standard InChI is InChI=1S/C30H33F2N7O5.CH2O2/c1-4-30(43)14-21(37-16-30)28(41)35-11-10-34-27(40)19-6-5-18(13-17(19)2)38-29(42)26-36-15-22(39(26)3)20-7-8-23(44-12-9-33)25(32)24(20)31;2-1-3/h5-8,13,15,21,37,43H,4,10-12,14,16H2,1-3H3,(H,34,40)(H,35,41)(H,38,42);1H,(H,2,3)/t21-,30-;/m1./s1. The van der Waals surface area contributed by atoms with Crippen molar-refractivity contribution in [3.05, 3.63) is 65.1 Å². The Balaban J connectivity index is 0.00000192. The van der Waals surface area contributed by atoms with Crippen molar-refractivity contribution in [2.75, 3.05) is 31.6 Å². The molecule has 16 heteroatoms. The van der Waals surface area contributed by atoms with E-state index < -0.39 is 41.5 Å². The Hall–Kier alpha value is -5.40. The van der Waals surface area contributed by atoms with Gasteiger partial charge in [-0.15, -0.1) is 0 Å². The Morgan fingerprint density at radius 3 is 2.53 bits per heavy atom. The number of anilines is 1. The van der Waals surface area contributed by atoms with E-state index in [-0.39, 0.29) is 48.5 Å². The van der Waals surface area contributed by atoms with Crippen molar-refractivity contribution < 1.29 is 42.9 Å². The molecule has 1 fully saturated rings. The number of aromatic nitrogens is 2. The molecule has 0 unspecified atom stereocenters. The number of amides is 3. The number of nitrogens with one attached hydrogen (secondary N) is 4. The van der Waals surface area contributed by atoms with Crippen LogP contribution in [0.2, 0.25) is 0 Å². The number of rotatable bonds is 11. The van der Waals surface area contributed by atoms with Crippen molar-refractivity contribution in [1.29, 1.82) is 5.26 Å². The Labute approximate surface area is 268 Å². The minimum Gasteiger partial charge on any atom is -0.483 e. The number of aryl methyl sites for hydroxylation is 1. The molecule has 2 heterocycles. The third-order valence-electron chi connectivity index (χ3n) is 7.48. The molecule has 2 aromatic carbocycles. The van der Waals surface area contributed by atoms with Crippen LogP contribution in [0.25, 0.3) is 11.3 Å². The molecule has 1 saturated heterocycles. The first-order valence-corrected chi connectivity index (χ1v) is 14.4. The molecule has 0 spiro atoms. The third kappa shape index (κ3) is 8.87. The number of halogens is 2. The van der Waals surface area contributed by atoms with Crippen LogP contribution < -0.4 is 26.0 Å². The van der Waals surface area contributed by atoms with Gasteiger partial charge in [-0.3, -0.25) is 19.2 Å².